The number of benzene rings is 1. The summed E-state index contributed by atoms with van der Waals surface area (Å²) in [4.78, 5) is 14.8. The fourth-order valence-electron chi connectivity index (χ4n) is 4.40. The van der Waals surface area contributed by atoms with E-state index in [2.05, 4.69) is 0 Å². The molecule has 1 saturated heterocycles. The molecule has 1 aromatic carbocycles. The summed E-state index contributed by atoms with van der Waals surface area (Å²) in [5, 5.41) is 20.4. The molecule has 2 fully saturated rings. The predicted molar refractivity (Wildman–Crippen MR) is 99.7 cm³/mol. The highest BCUT2D eigenvalue weighted by molar-refractivity contribution is 6.00. The molecule has 1 aromatic rings. The molecule has 1 atom stereocenters. The highest BCUT2D eigenvalue weighted by atomic mass is 19.3. The second kappa shape index (κ2) is 6.82. The van der Waals surface area contributed by atoms with Crippen LogP contribution in [0.1, 0.15) is 64.5 Å². The number of carbonyl (C=O) groups is 1. The van der Waals surface area contributed by atoms with E-state index >= 15 is 0 Å². The second-order valence-corrected chi connectivity index (χ2v) is 8.70. The third kappa shape index (κ3) is 3.61. The van der Waals surface area contributed by atoms with Crippen LogP contribution in [0.4, 0.5) is 14.5 Å². The van der Waals surface area contributed by atoms with Gasteiger partial charge in [-0.2, -0.15) is 0 Å². The lowest BCUT2D eigenvalue weighted by Crippen LogP contribution is -2.46. The van der Waals surface area contributed by atoms with E-state index in [9.17, 15) is 23.8 Å². The van der Waals surface area contributed by atoms with Gasteiger partial charge >= 0.3 is 0 Å². The Hall–Kier alpha value is -1.53. The Morgan fingerprint density at radius 3 is 2.11 bits per heavy atom. The number of hydrogen-bond acceptors (Lipinski definition) is 3. The van der Waals surface area contributed by atoms with E-state index in [1.165, 1.54) is 12.1 Å². The normalized spacial score (nSPS) is 30.4. The van der Waals surface area contributed by atoms with Crippen LogP contribution in [0, 0.1) is 11.3 Å². The van der Waals surface area contributed by atoms with Crippen LogP contribution in [0.25, 0.3) is 0 Å². The predicted octanol–water partition coefficient (Wildman–Crippen LogP) is 4.06. The van der Waals surface area contributed by atoms with Gasteiger partial charge in [0.05, 0.1) is 11.0 Å². The Balaban J connectivity index is 1.73. The number of rotatable bonds is 4. The van der Waals surface area contributed by atoms with Crippen molar-refractivity contribution < 1.29 is 23.8 Å². The SMILES string of the molecule is CC(C)[C@]1(O)CC[C@]2(CCN(c3ccc(C(O)C(C)(F)F)cc3)C2=O)CC1. The van der Waals surface area contributed by atoms with Gasteiger partial charge in [-0.05, 0) is 55.7 Å². The molecule has 0 radical (unpaired) electrons. The van der Waals surface area contributed by atoms with Crippen LogP contribution in [-0.2, 0) is 4.79 Å². The Kier molecular flexibility index (Phi) is 5.10. The molecule has 1 aliphatic carbocycles. The number of alkyl halides is 2. The summed E-state index contributed by atoms with van der Waals surface area (Å²) in [7, 11) is 0. The maximum absolute atomic E-state index is 13.3. The number of carbonyl (C=O) groups excluding carboxylic acids is 1. The average Bonchev–Trinajstić information content (AvgIpc) is 2.93. The minimum absolute atomic E-state index is 0.0578. The van der Waals surface area contributed by atoms with E-state index < -0.39 is 23.0 Å². The van der Waals surface area contributed by atoms with Crippen molar-refractivity contribution in [1.29, 1.82) is 0 Å². The zero-order chi connectivity index (χ0) is 20.0. The topological polar surface area (TPSA) is 60.8 Å². The molecule has 3 rings (SSSR count). The summed E-state index contributed by atoms with van der Waals surface area (Å²) in [5.74, 6) is -3.00. The molecule has 1 saturated carbocycles. The lowest BCUT2D eigenvalue weighted by Gasteiger charge is -2.43. The van der Waals surface area contributed by atoms with Gasteiger partial charge < -0.3 is 15.1 Å². The van der Waals surface area contributed by atoms with Crippen molar-refractivity contribution in [3.05, 3.63) is 29.8 Å². The first-order chi connectivity index (χ1) is 12.5. The minimum atomic E-state index is -3.22. The average molecular weight is 381 g/mol. The van der Waals surface area contributed by atoms with Gasteiger partial charge in [0.15, 0.2) is 0 Å². The monoisotopic (exact) mass is 381 g/mol. The van der Waals surface area contributed by atoms with Gasteiger partial charge in [0.2, 0.25) is 5.91 Å². The van der Waals surface area contributed by atoms with Crippen molar-refractivity contribution in [1.82, 2.24) is 0 Å². The molecule has 150 valence electrons. The van der Waals surface area contributed by atoms with Gasteiger partial charge in [-0.15, -0.1) is 0 Å². The molecule has 1 spiro atoms. The maximum atomic E-state index is 13.3. The van der Waals surface area contributed by atoms with E-state index in [0.29, 0.717) is 44.8 Å². The van der Waals surface area contributed by atoms with Crippen molar-refractivity contribution in [3.8, 4) is 0 Å². The molecule has 6 heteroatoms. The molecular formula is C21H29F2NO3. The quantitative estimate of drug-likeness (QED) is 0.827. The fraction of sp³-hybridized carbons (Fsp3) is 0.667. The molecule has 4 nitrogen and oxygen atoms in total. The van der Waals surface area contributed by atoms with Gasteiger partial charge in [0.25, 0.3) is 5.92 Å². The summed E-state index contributed by atoms with van der Waals surface area (Å²) in [6.45, 7) is 5.29. The number of aliphatic hydroxyl groups is 2. The standard InChI is InChI=1S/C21H29F2NO3/c1-14(2)21(27)10-8-20(9-11-21)12-13-24(18(20)26)16-6-4-15(5-7-16)17(25)19(3,22)23/h4-7,14,17,25,27H,8-13H2,1-3H3/t17?,20-,21+. The summed E-state index contributed by atoms with van der Waals surface area (Å²) in [5.41, 5.74) is -0.318. The molecule has 1 aliphatic heterocycles. The van der Waals surface area contributed by atoms with Crippen LogP contribution in [0.2, 0.25) is 0 Å². The summed E-state index contributed by atoms with van der Waals surface area (Å²) in [6, 6.07) is 6.14. The third-order valence-electron chi connectivity index (χ3n) is 6.66. The van der Waals surface area contributed by atoms with E-state index in [0.717, 1.165) is 6.42 Å². The fourth-order valence-corrected chi connectivity index (χ4v) is 4.40. The Labute approximate surface area is 159 Å². The second-order valence-electron chi connectivity index (χ2n) is 8.70. The summed E-state index contributed by atoms with van der Waals surface area (Å²) < 4.78 is 26.6. The zero-order valence-corrected chi connectivity index (χ0v) is 16.2. The van der Waals surface area contributed by atoms with Crippen LogP contribution in [0.3, 0.4) is 0 Å². The van der Waals surface area contributed by atoms with Gasteiger partial charge in [0.1, 0.15) is 6.10 Å². The van der Waals surface area contributed by atoms with Crippen molar-refractivity contribution in [2.75, 3.05) is 11.4 Å². The molecule has 1 unspecified atom stereocenters. The van der Waals surface area contributed by atoms with Crippen molar-refractivity contribution in [3.63, 3.8) is 0 Å². The minimum Gasteiger partial charge on any atom is -0.390 e. The highest BCUT2D eigenvalue weighted by Gasteiger charge is 2.52. The number of nitrogens with zero attached hydrogens (tertiary/aromatic N) is 1. The van der Waals surface area contributed by atoms with E-state index in [1.807, 2.05) is 13.8 Å². The van der Waals surface area contributed by atoms with Crippen molar-refractivity contribution in [2.45, 2.75) is 70.5 Å². The van der Waals surface area contributed by atoms with Gasteiger partial charge in [0, 0.05) is 19.2 Å². The number of anilines is 1. The summed E-state index contributed by atoms with van der Waals surface area (Å²) >= 11 is 0. The number of halogens is 2. The molecule has 0 bridgehead atoms. The van der Waals surface area contributed by atoms with E-state index in [4.69, 9.17) is 0 Å². The molecule has 1 heterocycles. The van der Waals surface area contributed by atoms with Gasteiger partial charge in [-0.25, -0.2) is 8.78 Å². The number of aliphatic hydroxyl groups excluding tert-OH is 1. The van der Waals surface area contributed by atoms with Crippen molar-refractivity contribution in [2.24, 2.45) is 11.3 Å². The van der Waals surface area contributed by atoms with Crippen LogP contribution in [0.5, 0.6) is 0 Å². The number of hydrogen-bond donors (Lipinski definition) is 2. The molecule has 27 heavy (non-hydrogen) atoms. The van der Waals surface area contributed by atoms with Crippen LogP contribution < -0.4 is 4.90 Å². The Bertz CT molecular complexity index is 688. The molecule has 2 aliphatic rings. The van der Waals surface area contributed by atoms with Crippen LogP contribution >= 0.6 is 0 Å². The molecule has 2 N–H and O–H groups in total. The first-order valence-corrected chi connectivity index (χ1v) is 9.69. The Morgan fingerprint density at radius 1 is 1.07 bits per heavy atom. The maximum Gasteiger partial charge on any atom is 0.274 e. The highest BCUT2D eigenvalue weighted by Crippen LogP contribution is 2.50. The molecular weight excluding hydrogens is 352 g/mol. The van der Waals surface area contributed by atoms with Crippen LogP contribution in [0.15, 0.2) is 24.3 Å². The van der Waals surface area contributed by atoms with Crippen LogP contribution in [-0.4, -0.2) is 34.2 Å². The first kappa shape index (κ1) is 20.2. The van der Waals surface area contributed by atoms with Crippen molar-refractivity contribution >= 4 is 11.6 Å². The number of amides is 1. The van der Waals surface area contributed by atoms with Gasteiger partial charge in [-0.1, -0.05) is 26.0 Å². The van der Waals surface area contributed by atoms with Gasteiger partial charge in [-0.3, -0.25) is 4.79 Å². The zero-order valence-electron chi connectivity index (χ0n) is 16.2. The summed E-state index contributed by atoms with van der Waals surface area (Å²) in [6.07, 6.45) is 1.49. The third-order valence-corrected chi connectivity index (χ3v) is 6.66. The molecule has 1 amide bonds. The first-order valence-electron chi connectivity index (χ1n) is 9.69. The smallest absolute Gasteiger partial charge is 0.274 e. The van der Waals surface area contributed by atoms with E-state index in [-0.39, 0.29) is 17.4 Å². The lowest BCUT2D eigenvalue weighted by molar-refractivity contribution is -0.132. The molecule has 0 aromatic heterocycles. The Morgan fingerprint density at radius 2 is 1.63 bits per heavy atom. The lowest BCUT2D eigenvalue weighted by atomic mass is 9.65. The largest absolute Gasteiger partial charge is 0.390 e. The van der Waals surface area contributed by atoms with E-state index in [1.54, 1.807) is 17.0 Å².